The van der Waals surface area contributed by atoms with E-state index in [1.165, 1.54) is 15.9 Å². The van der Waals surface area contributed by atoms with E-state index in [-0.39, 0.29) is 50.4 Å². The summed E-state index contributed by atoms with van der Waals surface area (Å²) in [6.45, 7) is 3.75. The summed E-state index contributed by atoms with van der Waals surface area (Å²) in [6.07, 6.45) is -0.348. The van der Waals surface area contributed by atoms with Gasteiger partial charge < -0.3 is 39.0 Å². The van der Waals surface area contributed by atoms with E-state index < -0.39 is 56.6 Å². The maximum absolute atomic E-state index is 13.9. The fraction of sp³-hybridized carbons (Fsp3) is 0.516. The van der Waals surface area contributed by atoms with Crippen molar-refractivity contribution in [1.82, 2.24) is 25.1 Å². The largest absolute Gasteiger partial charge is 0.518 e. The van der Waals surface area contributed by atoms with E-state index in [4.69, 9.17) is 28.5 Å². The second-order valence-electron chi connectivity index (χ2n) is 11.1. The number of esters is 2. The van der Waals surface area contributed by atoms with Crippen molar-refractivity contribution < 1.29 is 52.0 Å². The molecule has 3 heterocycles. The Morgan fingerprint density at radius 2 is 1.61 bits per heavy atom. The molecule has 2 fully saturated rings. The van der Waals surface area contributed by atoms with Gasteiger partial charge in [-0.05, 0) is 17.9 Å². The van der Waals surface area contributed by atoms with Crippen molar-refractivity contribution in [2.45, 2.75) is 45.8 Å². The minimum Gasteiger partial charge on any atom is -0.450 e. The Labute approximate surface area is 284 Å². The molecule has 0 aliphatic carbocycles. The molecule has 1 N–H and O–H groups in total. The van der Waals surface area contributed by atoms with Gasteiger partial charge in [0.2, 0.25) is 12.1 Å². The van der Waals surface area contributed by atoms with Gasteiger partial charge in [0.1, 0.15) is 11.5 Å². The summed E-state index contributed by atoms with van der Waals surface area (Å²) in [5, 5.41) is 2.64. The number of nitrogens with one attached hydrogen (secondary N) is 1. The molecule has 18 heteroatoms. The number of carbonyl (C=O) groups excluding carboxylic acids is 5. The van der Waals surface area contributed by atoms with Gasteiger partial charge in [-0.2, -0.15) is 0 Å². The van der Waals surface area contributed by atoms with Crippen molar-refractivity contribution in [2.75, 3.05) is 64.0 Å². The number of piperazine rings is 1. The molecule has 2 aliphatic rings. The maximum Gasteiger partial charge on any atom is 0.518 e. The van der Waals surface area contributed by atoms with Gasteiger partial charge in [0.05, 0.1) is 12.7 Å². The molecule has 1 unspecified atom stereocenters. The number of ether oxygens (including phenoxy) is 4. The van der Waals surface area contributed by atoms with Gasteiger partial charge in [-0.3, -0.25) is 19.2 Å². The normalized spacial score (nSPS) is 17.0. The Hall–Kier alpha value is -4.73. The summed E-state index contributed by atoms with van der Waals surface area (Å²) >= 11 is 0. The van der Waals surface area contributed by atoms with E-state index in [1.807, 2.05) is 23.1 Å². The van der Waals surface area contributed by atoms with E-state index in [9.17, 15) is 28.5 Å². The average Bonchev–Trinajstić information content (AvgIpc) is 3.57. The number of nitrogens with zero attached hydrogens (tertiary/aromatic N) is 5. The van der Waals surface area contributed by atoms with Crippen molar-refractivity contribution in [3.05, 3.63) is 42.1 Å². The quantitative estimate of drug-likeness (QED) is 0.181. The lowest BCUT2D eigenvalue weighted by Gasteiger charge is -2.35. The van der Waals surface area contributed by atoms with Gasteiger partial charge in [0.15, 0.2) is 11.9 Å². The number of hydrogen-bond acceptors (Lipinski definition) is 14. The van der Waals surface area contributed by atoms with Gasteiger partial charge >= 0.3 is 32.5 Å². The highest BCUT2D eigenvalue weighted by atomic mass is 31.1. The third kappa shape index (κ3) is 10.6. The fourth-order valence-corrected chi connectivity index (χ4v) is 6.06. The Balaban J connectivity index is 1.60. The van der Waals surface area contributed by atoms with Gasteiger partial charge in [-0.25, -0.2) is 14.8 Å². The molecule has 0 saturated carbocycles. The predicted molar refractivity (Wildman–Crippen MR) is 172 cm³/mol. The first-order valence-corrected chi connectivity index (χ1v) is 17.0. The van der Waals surface area contributed by atoms with Crippen LogP contribution in [0.15, 0.2) is 36.4 Å². The lowest BCUT2D eigenvalue weighted by molar-refractivity contribution is -0.231. The van der Waals surface area contributed by atoms with Crippen molar-refractivity contribution in [1.29, 1.82) is 0 Å². The summed E-state index contributed by atoms with van der Waals surface area (Å²) < 4.78 is 38.5. The molecule has 264 valence electrons. The molecule has 2 saturated heterocycles. The number of carbonyl (C=O) groups is 5. The van der Waals surface area contributed by atoms with Crippen LogP contribution in [0.2, 0.25) is 0 Å². The molecular formula is C31H40N6O11P+. The van der Waals surface area contributed by atoms with Crippen molar-refractivity contribution in [2.24, 2.45) is 0 Å². The van der Waals surface area contributed by atoms with Crippen LogP contribution < -0.4 is 10.2 Å². The first-order valence-electron chi connectivity index (χ1n) is 15.7. The average molecular weight is 704 g/mol. The molecule has 2 aliphatic heterocycles. The van der Waals surface area contributed by atoms with Crippen LogP contribution in [0.25, 0.3) is 11.4 Å². The van der Waals surface area contributed by atoms with Crippen LogP contribution in [0.4, 0.5) is 10.6 Å². The van der Waals surface area contributed by atoms with E-state index in [1.54, 1.807) is 26.2 Å². The topological polar surface area (TPSA) is 196 Å². The Kier molecular flexibility index (Phi) is 13.3. The molecule has 2 aromatic rings. The standard InChI is InChI=1S/C31H39N6O11P/c1-5-45-30(42)36-15-13-35(14-16-36)29(41)25(19-49(43)48-31(46-20(2)38)47-21(3)39)33-28(40)24-17-26(37-12-11-23(18-37)44-4)34-27(32-24)22-9-7-6-8-10-22/h6-10,17,23,25,31H,5,11-16,18-19H2,1-4H3/p+1/t23-,25+/m0/s1. The molecule has 1 aromatic heterocycles. The zero-order valence-corrected chi connectivity index (χ0v) is 28.6. The maximum atomic E-state index is 13.9. The molecular weight excluding hydrogens is 663 g/mol. The predicted octanol–water partition coefficient (Wildman–Crippen LogP) is 1.94. The van der Waals surface area contributed by atoms with E-state index in [0.717, 1.165) is 20.3 Å². The Morgan fingerprint density at radius 1 is 0.959 bits per heavy atom. The molecule has 0 bridgehead atoms. The van der Waals surface area contributed by atoms with Crippen LogP contribution in [0, 0.1) is 0 Å². The van der Waals surface area contributed by atoms with Crippen LogP contribution in [0.3, 0.4) is 0 Å². The third-order valence-electron chi connectivity index (χ3n) is 7.56. The molecule has 1 aromatic carbocycles. The minimum absolute atomic E-state index is 0.0159. The smallest absolute Gasteiger partial charge is 0.450 e. The number of hydrogen-bond donors (Lipinski definition) is 1. The number of methoxy groups -OCH3 is 1. The molecule has 3 atom stereocenters. The summed E-state index contributed by atoms with van der Waals surface area (Å²) in [5.41, 5.74) is 0.606. The van der Waals surface area contributed by atoms with Crippen molar-refractivity contribution in [3.8, 4) is 11.4 Å². The SMILES string of the molecule is CCOC(=O)N1CCN(C(=O)[C@@H](C[P+](=O)OC(OC(C)=O)OC(C)=O)NC(=O)c2cc(N3CC[C@H](OC)C3)nc(-c3ccccc3)n2)CC1. The number of aromatic nitrogens is 2. The van der Waals surface area contributed by atoms with Gasteiger partial charge in [0, 0.05) is 71.9 Å². The molecule has 0 spiro atoms. The summed E-state index contributed by atoms with van der Waals surface area (Å²) in [5.74, 6) is -2.36. The Bertz CT molecular complexity index is 1510. The highest BCUT2D eigenvalue weighted by Gasteiger charge is 2.40. The van der Waals surface area contributed by atoms with Gasteiger partial charge in [0.25, 0.3) is 5.91 Å². The highest BCUT2D eigenvalue weighted by molar-refractivity contribution is 7.39. The number of anilines is 1. The van der Waals surface area contributed by atoms with Crippen LogP contribution in [-0.4, -0.2) is 127 Å². The highest BCUT2D eigenvalue weighted by Crippen LogP contribution is 2.28. The molecule has 3 amide bonds. The zero-order valence-electron chi connectivity index (χ0n) is 27.7. The van der Waals surface area contributed by atoms with Gasteiger partial charge in [-0.15, -0.1) is 0 Å². The fourth-order valence-electron chi connectivity index (χ4n) is 5.15. The summed E-state index contributed by atoms with van der Waals surface area (Å²) in [6, 6.07) is 9.15. The molecule has 0 radical (unpaired) electrons. The van der Waals surface area contributed by atoms with Gasteiger partial charge in [-0.1, -0.05) is 34.9 Å². The lowest BCUT2D eigenvalue weighted by Crippen LogP contribution is -2.56. The number of rotatable bonds is 13. The lowest BCUT2D eigenvalue weighted by atomic mass is 10.2. The number of benzene rings is 1. The first kappa shape index (κ1) is 37.1. The monoisotopic (exact) mass is 703 g/mol. The zero-order chi connectivity index (χ0) is 35.5. The third-order valence-corrected chi connectivity index (χ3v) is 8.63. The minimum atomic E-state index is -2.87. The second kappa shape index (κ2) is 17.6. The molecule has 49 heavy (non-hydrogen) atoms. The molecule has 4 rings (SSSR count). The van der Waals surface area contributed by atoms with E-state index >= 15 is 0 Å². The molecule has 17 nitrogen and oxygen atoms in total. The van der Waals surface area contributed by atoms with Crippen LogP contribution in [0.5, 0.6) is 0 Å². The van der Waals surface area contributed by atoms with Crippen molar-refractivity contribution >= 4 is 43.7 Å². The first-order chi connectivity index (χ1) is 23.5. The summed E-state index contributed by atoms with van der Waals surface area (Å²) in [7, 11) is -1.24. The Morgan fingerprint density at radius 3 is 2.20 bits per heavy atom. The van der Waals surface area contributed by atoms with E-state index in [0.29, 0.717) is 24.5 Å². The summed E-state index contributed by atoms with van der Waals surface area (Å²) in [4.78, 5) is 76.9. The second-order valence-corrected chi connectivity index (χ2v) is 12.3. The van der Waals surface area contributed by atoms with Crippen LogP contribution >= 0.6 is 8.03 Å². The van der Waals surface area contributed by atoms with Crippen molar-refractivity contribution in [3.63, 3.8) is 0 Å². The van der Waals surface area contributed by atoms with Crippen LogP contribution in [-0.2, 0) is 42.4 Å². The number of amides is 3. The van der Waals surface area contributed by atoms with Crippen LogP contribution in [0.1, 0.15) is 37.7 Å². The van der Waals surface area contributed by atoms with E-state index in [2.05, 4.69) is 10.3 Å².